The van der Waals surface area contributed by atoms with Crippen LogP contribution in [0.2, 0.25) is 0 Å². The number of nitrogens with zero attached hydrogens (tertiary/aromatic N) is 3. The van der Waals surface area contributed by atoms with Gasteiger partial charge in [-0.05, 0) is 37.1 Å². The maximum absolute atomic E-state index is 12.3. The zero-order chi connectivity index (χ0) is 14.5. The van der Waals surface area contributed by atoms with E-state index < -0.39 is 0 Å². The van der Waals surface area contributed by atoms with E-state index in [2.05, 4.69) is 39.0 Å². The van der Waals surface area contributed by atoms with E-state index in [0.29, 0.717) is 26.1 Å². The minimum absolute atomic E-state index is 0.0959. The maximum Gasteiger partial charge on any atom is 0.242 e. The molecule has 20 heavy (non-hydrogen) atoms. The summed E-state index contributed by atoms with van der Waals surface area (Å²) in [5.41, 5.74) is 2.44. The van der Waals surface area contributed by atoms with Gasteiger partial charge in [-0.25, -0.2) is 0 Å². The molecule has 0 saturated heterocycles. The molecule has 0 N–H and O–H groups in total. The first-order chi connectivity index (χ1) is 9.65. The normalized spacial score (nSPS) is 12.9. The largest absolute Gasteiger partial charge is 0.362 e. The Hall–Kier alpha value is -1.54. The highest BCUT2D eigenvalue weighted by molar-refractivity contribution is 9.10. The third kappa shape index (κ3) is 3.31. The molecule has 4 nitrogen and oxygen atoms in total. The summed E-state index contributed by atoms with van der Waals surface area (Å²) in [5, 5.41) is 8.63. The monoisotopic (exact) mass is 335 g/mol. The zero-order valence-corrected chi connectivity index (χ0v) is 13.2. The fourth-order valence-electron chi connectivity index (χ4n) is 2.51. The summed E-state index contributed by atoms with van der Waals surface area (Å²) in [4.78, 5) is 16.2. The van der Waals surface area contributed by atoms with Crippen LogP contribution in [-0.4, -0.2) is 37.0 Å². The Morgan fingerprint density at radius 2 is 2.35 bits per heavy atom. The summed E-state index contributed by atoms with van der Waals surface area (Å²) in [7, 11) is 0. The number of hydrogen-bond donors (Lipinski definition) is 0. The molecular weight excluding hydrogens is 318 g/mol. The molecule has 5 heteroatoms. The van der Waals surface area contributed by atoms with Gasteiger partial charge in [0.2, 0.25) is 5.91 Å². The predicted molar refractivity (Wildman–Crippen MR) is 82.5 cm³/mol. The Morgan fingerprint density at radius 1 is 1.55 bits per heavy atom. The first-order valence-corrected chi connectivity index (χ1v) is 7.63. The van der Waals surface area contributed by atoms with Crippen molar-refractivity contribution in [3.8, 4) is 6.07 Å². The Labute approximate surface area is 128 Å². The predicted octanol–water partition coefficient (Wildman–Crippen LogP) is 2.57. The minimum Gasteiger partial charge on any atom is -0.362 e. The van der Waals surface area contributed by atoms with Crippen LogP contribution in [0.1, 0.15) is 18.9 Å². The third-order valence-electron chi connectivity index (χ3n) is 3.59. The van der Waals surface area contributed by atoms with Gasteiger partial charge in [0.25, 0.3) is 0 Å². The molecule has 1 heterocycles. The number of halogens is 1. The topological polar surface area (TPSA) is 47.3 Å². The van der Waals surface area contributed by atoms with Crippen molar-refractivity contribution in [1.82, 2.24) is 4.90 Å². The number of nitriles is 1. The summed E-state index contributed by atoms with van der Waals surface area (Å²) in [5.74, 6) is 0.0959. The van der Waals surface area contributed by atoms with Gasteiger partial charge in [-0.3, -0.25) is 4.79 Å². The highest BCUT2D eigenvalue weighted by atomic mass is 79.9. The van der Waals surface area contributed by atoms with E-state index >= 15 is 0 Å². The SMILES string of the molecule is CCN(CCC#N)C(=O)CN1CCc2cc(Br)ccc21. The second-order valence-electron chi connectivity index (χ2n) is 4.83. The number of hydrogen-bond acceptors (Lipinski definition) is 3. The number of benzene rings is 1. The van der Waals surface area contributed by atoms with Crippen molar-refractivity contribution in [3.05, 3.63) is 28.2 Å². The molecule has 1 aromatic rings. The Balaban J connectivity index is 2.02. The standard InChI is InChI=1S/C15H18BrN3O/c1-2-18(8-3-7-17)15(20)11-19-9-6-12-10-13(16)4-5-14(12)19/h4-5,10H,2-3,6,8-9,11H2,1H3. The van der Waals surface area contributed by atoms with Gasteiger partial charge in [0.15, 0.2) is 0 Å². The first kappa shape index (κ1) is 14.9. The molecule has 2 rings (SSSR count). The summed E-state index contributed by atoms with van der Waals surface area (Å²) in [6.07, 6.45) is 1.37. The van der Waals surface area contributed by atoms with Crippen molar-refractivity contribution in [2.45, 2.75) is 19.8 Å². The molecule has 1 aliphatic heterocycles. The summed E-state index contributed by atoms with van der Waals surface area (Å²) in [6.45, 7) is 4.40. The minimum atomic E-state index is 0.0959. The number of amides is 1. The van der Waals surface area contributed by atoms with Crippen molar-refractivity contribution in [1.29, 1.82) is 5.26 Å². The Morgan fingerprint density at radius 3 is 3.05 bits per heavy atom. The average Bonchev–Trinajstić information content (AvgIpc) is 2.82. The van der Waals surface area contributed by atoms with Crippen LogP contribution >= 0.6 is 15.9 Å². The van der Waals surface area contributed by atoms with Crippen LogP contribution in [0.25, 0.3) is 0 Å². The molecule has 106 valence electrons. The molecule has 0 atom stereocenters. The van der Waals surface area contributed by atoms with Crippen LogP contribution in [0.5, 0.6) is 0 Å². The van der Waals surface area contributed by atoms with Crippen molar-refractivity contribution in [3.63, 3.8) is 0 Å². The van der Waals surface area contributed by atoms with Crippen LogP contribution in [0, 0.1) is 11.3 Å². The number of carbonyl (C=O) groups excluding carboxylic acids is 1. The van der Waals surface area contributed by atoms with E-state index in [9.17, 15) is 4.79 Å². The number of fused-ring (bicyclic) bond motifs is 1. The van der Waals surface area contributed by atoms with E-state index in [4.69, 9.17) is 5.26 Å². The fourth-order valence-corrected chi connectivity index (χ4v) is 2.92. The molecule has 0 aromatic heterocycles. The summed E-state index contributed by atoms with van der Waals surface area (Å²) >= 11 is 3.47. The molecule has 0 radical (unpaired) electrons. The van der Waals surface area contributed by atoms with Crippen LogP contribution in [0.3, 0.4) is 0 Å². The number of anilines is 1. The highest BCUT2D eigenvalue weighted by Crippen LogP contribution is 2.30. The molecular formula is C15H18BrN3O. The second-order valence-corrected chi connectivity index (χ2v) is 5.74. The van der Waals surface area contributed by atoms with Gasteiger partial charge in [0, 0.05) is 29.8 Å². The first-order valence-electron chi connectivity index (χ1n) is 6.83. The summed E-state index contributed by atoms with van der Waals surface area (Å²) < 4.78 is 1.08. The van der Waals surface area contributed by atoms with Gasteiger partial charge in [-0.2, -0.15) is 5.26 Å². The van der Waals surface area contributed by atoms with Gasteiger partial charge < -0.3 is 9.80 Å². The third-order valence-corrected chi connectivity index (χ3v) is 4.08. The van der Waals surface area contributed by atoms with Gasteiger partial charge in [-0.1, -0.05) is 15.9 Å². The molecule has 0 bridgehead atoms. The quantitative estimate of drug-likeness (QED) is 0.830. The molecule has 0 spiro atoms. The van der Waals surface area contributed by atoms with Crippen LogP contribution in [-0.2, 0) is 11.2 Å². The fraction of sp³-hybridized carbons (Fsp3) is 0.467. The van der Waals surface area contributed by atoms with Gasteiger partial charge >= 0.3 is 0 Å². The van der Waals surface area contributed by atoms with E-state index in [1.807, 2.05) is 13.0 Å². The van der Waals surface area contributed by atoms with E-state index in [0.717, 1.165) is 23.1 Å². The van der Waals surface area contributed by atoms with Gasteiger partial charge in [0.05, 0.1) is 19.0 Å². The second kappa shape index (κ2) is 6.76. The zero-order valence-electron chi connectivity index (χ0n) is 11.6. The number of likely N-dealkylation sites (N-methyl/N-ethyl adjacent to an activating group) is 1. The van der Waals surface area contributed by atoms with E-state index in [1.54, 1.807) is 4.90 Å². The lowest BCUT2D eigenvalue weighted by Gasteiger charge is -2.25. The Bertz CT molecular complexity index is 538. The van der Waals surface area contributed by atoms with Gasteiger partial charge in [-0.15, -0.1) is 0 Å². The number of rotatable bonds is 5. The van der Waals surface area contributed by atoms with Crippen LogP contribution in [0.15, 0.2) is 22.7 Å². The average molecular weight is 336 g/mol. The number of carbonyl (C=O) groups is 1. The molecule has 0 aliphatic carbocycles. The molecule has 1 amide bonds. The highest BCUT2D eigenvalue weighted by Gasteiger charge is 2.23. The maximum atomic E-state index is 12.3. The van der Waals surface area contributed by atoms with E-state index in [1.165, 1.54) is 5.56 Å². The van der Waals surface area contributed by atoms with Crippen LogP contribution in [0.4, 0.5) is 5.69 Å². The lowest BCUT2D eigenvalue weighted by atomic mass is 10.2. The van der Waals surface area contributed by atoms with Crippen molar-refractivity contribution >= 4 is 27.5 Å². The van der Waals surface area contributed by atoms with Crippen LogP contribution < -0.4 is 4.90 Å². The van der Waals surface area contributed by atoms with Gasteiger partial charge in [0.1, 0.15) is 0 Å². The lowest BCUT2D eigenvalue weighted by Crippen LogP contribution is -2.40. The van der Waals surface area contributed by atoms with E-state index in [-0.39, 0.29) is 5.91 Å². The van der Waals surface area contributed by atoms with Crippen molar-refractivity contribution < 1.29 is 4.79 Å². The summed E-state index contributed by atoms with van der Waals surface area (Å²) in [6, 6.07) is 8.28. The molecule has 1 aromatic carbocycles. The lowest BCUT2D eigenvalue weighted by molar-refractivity contribution is -0.129. The smallest absolute Gasteiger partial charge is 0.242 e. The molecule has 0 fully saturated rings. The molecule has 1 aliphatic rings. The molecule has 0 saturated carbocycles. The van der Waals surface area contributed by atoms with Crippen molar-refractivity contribution in [2.75, 3.05) is 31.1 Å². The molecule has 0 unspecified atom stereocenters. The van der Waals surface area contributed by atoms with Crippen molar-refractivity contribution in [2.24, 2.45) is 0 Å². The Kier molecular flexibility index (Phi) is 5.02.